The molecule has 2 nitrogen and oxygen atoms in total. The third-order valence-electron chi connectivity index (χ3n) is 2.73. The summed E-state index contributed by atoms with van der Waals surface area (Å²) in [6.07, 6.45) is 0.967. The van der Waals surface area contributed by atoms with E-state index in [0.717, 1.165) is 13.0 Å². The summed E-state index contributed by atoms with van der Waals surface area (Å²) in [5.74, 6) is 0. The van der Waals surface area contributed by atoms with Gasteiger partial charge >= 0.3 is 0 Å². The zero-order valence-corrected chi connectivity index (χ0v) is 13.0. The fourth-order valence-electron chi connectivity index (χ4n) is 1.70. The summed E-state index contributed by atoms with van der Waals surface area (Å²) in [5, 5.41) is 8.82. The van der Waals surface area contributed by atoms with Crippen LogP contribution in [-0.4, -0.2) is 12.0 Å². The number of thiophene rings is 1. The Hall–Kier alpha value is -0.710. The van der Waals surface area contributed by atoms with Crippen LogP contribution in [0.2, 0.25) is 0 Å². The Balaban J connectivity index is 2.06. The Morgan fingerprint density at radius 1 is 1.22 bits per heavy atom. The van der Waals surface area contributed by atoms with E-state index >= 15 is 0 Å². The lowest BCUT2D eigenvalue weighted by atomic mass is 9.93. The Labute approximate surface area is 117 Å². The van der Waals surface area contributed by atoms with Crippen LogP contribution in [0.4, 0.5) is 0 Å². The molecule has 0 fully saturated rings. The van der Waals surface area contributed by atoms with Gasteiger partial charge in [0.1, 0.15) is 0 Å². The minimum atomic E-state index is 0.154. The van der Waals surface area contributed by atoms with Gasteiger partial charge in [0.05, 0.1) is 10.7 Å². The first-order chi connectivity index (χ1) is 8.49. The molecule has 0 saturated heterocycles. The highest BCUT2D eigenvalue weighted by Gasteiger charge is 2.17. The zero-order chi connectivity index (χ0) is 13.2. The maximum Gasteiger partial charge on any atom is 0.0980 e. The van der Waals surface area contributed by atoms with E-state index in [4.69, 9.17) is 4.98 Å². The zero-order valence-electron chi connectivity index (χ0n) is 11.4. The summed E-state index contributed by atoms with van der Waals surface area (Å²) in [6, 6.07) is 2.28. The molecule has 0 aromatic carbocycles. The van der Waals surface area contributed by atoms with Gasteiger partial charge < -0.3 is 5.32 Å². The van der Waals surface area contributed by atoms with Crippen molar-refractivity contribution in [1.29, 1.82) is 0 Å². The Morgan fingerprint density at radius 2 is 2.00 bits per heavy atom. The number of thiazole rings is 1. The van der Waals surface area contributed by atoms with E-state index in [2.05, 4.69) is 42.9 Å². The Bertz CT molecular complexity index is 506. The van der Waals surface area contributed by atoms with Gasteiger partial charge in [0.25, 0.3) is 0 Å². The molecular formula is C14H20N2S2. The van der Waals surface area contributed by atoms with Crippen LogP contribution in [0.3, 0.4) is 0 Å². The largest absolute Gasteiger partial charge is 0.316 e. The second kappa shape index (κ2) is 5.51. The van der Waals surface area contributed by atoms with E-state index in [9.17, 15) is 0 Å². The second-order valence-corrected chi connectivity index (χ2v) is 7.44. The van der Waals surface area contributed by atoms with Crippen LogP contribution in [0.15, 0.2) is 16.8 Å². The summed E-state index contributed by atoms with van der Waals surface area (Å²) in [4.78, 5) is 6.14. The van der Waals surface area contributed by atoms with Crippen molar-refractivity contribution in [3.8, 4) is 0 Å². The van der Waals surface area contributed by atoms with Crippen LogP contribution in [-0.2, 0) is 18.4 Å². The van der Waals surface area contributed by atoms with Crippen molar-refractivity contribution in [2.24, 2.45) is 0 Å². The van der Waals surface area contributed by atoms with E-state index < -0.39 is 0 Å². The van der Waals surface area contributed by atoms with Gasteiger partial charge in [0.2, 0.25) is 0 Å². The molecule has 2 rings (SSSR count). The molecule has 0 aliphatic rings. The van der Waals surface area contributed by atoms with Crippen molar-refractivity contribution in [2.45, 2.75) is 39.2 Å². The Morgan fingerprint density at radius 3 is 2.61 bits per heavy atom. The van der Waals surface area contributed by atoms with E-state index in [0.29, 0.717) is 0 Å². The molecule has 4 heteroatoms. The average Bonchev–Trinajstić information content (AvgIpc) is 2.88. The van der Waals surface area contributed by atoms with E-state index in [1.54, 1.807) is 11.3 Å². The molecular weight excluding hydrogens is 260 g/mol. The summed E-state index contributed by atoms with van der Waals surface area (Å²) in [7, 11) is 1.98. The van der Waals surface area contributed by atoms with E-state index in [1.165, 1.54) is 21.1 Å². The van der Waals surface area contributed by atoms with Gasteiger partial charge in [0, 0.05) is 28.6 Å². The quantitative estimate of drug-likeness (QED) is 0.921. The minimum Gasteiger partial charge on any atom is -0.316 e. The van der Waals surface area contributed by atoms with Crippen molar-refractivity contribution >= 4 is 22.7 Å². The predicted octanol–water partition coefficient (Wildman–Crippen LogP) is 3.81. The van der Waals surface area contributed by atoms with Gasteiger partial charge in [0.15, 0.2) is 0 Å². The van der Waals surface area contributed by atoms with Crippen LogP contribution < -0.4 is 5.32 Å². The van der Waals surface area contributed by atoms with Crippen LogP contribution in [0, 0.1) is 0 Å². The van der Waals surface area contributed by atoms with Crippen molar-refractivity contribution in [1.82, 2.24) is 10.3 Å². The molecule has 0 unspecified atom stereocenters. The van der Waals surface area contributed by atoms with Crippen molar-refractivity contribution in [3.05, 3.63) is 38.0 Å². The van der Waals surface area contributed by atoms with Gasteiger partial charge in [-0.25, -0.2) is 4.98 Å². The molecule has 0 atom stereocenters. The molecule has 98 valence electrons. The number of hydrogen-bond donors (Lipinski definition) is 1. The van der Waals surface area contributed by atoms with Crippen LogP contribution in [0.25, 0.3) is 0 Å². The monoisotopic (exact) mass is 280 g/mol. The predicted molar refractivity (Wildman–Crippen MR) is 80.7 cm³/mol. The first-order valence-electron chi connectivity index (χ1n) is 6.15. The van der Waals surface area contributed by atoms with E-state index in [1.807, 2.05) is 18.4 Å². The lowest BCUT2D eigenvalue weighted by Crippen LogP contribution is -2.11. The third-order valence-corrected chi connectivity index (χ3v) is 4.57. The van der Waals surface area contributed by atoms with Gasteiger partial charge in [-0.1, -0.05) is 20.8 Å². The molecule has 0 bridgehead atoms. The fourth-order valence-corrected chi connectivity index (χ4v) is 3.73. The summed E-state index contributed by atoms with van der Waals surface area (Å²) in [6.45, 7) is 7.58. The van der Waals surface area contributed by atoms with Gasteiger partial charge in [-0.3, -0.25) is 0 Å². The maximum atomic E-state index is 4.74. The normalized spacial score (nSPS) is 12.0. The summed E-state index contributed by atoms with van der Waals surface area (Å²) < 4.78 is 0. The third kappa shape index (κ3) is 3.40. The summed E-state index contributed by atoms with van der Waals surface area (Å²) in [5.41, 5.74) is 2.72. The summed E-state index contributed by atoms with van der Waals surface area (Å²) >= 11 is 3.60. The average molecular weight is 280 g/mol. The number of rotatable bonds is 4. The number of nitrogens with one attached hydrogen (secondary N) is 1. The molecule has 2 aromatic heterocycles. The molecule has 18 heavy (non-hydrogen) atoms. The first kappa shape index (κ1) is 13.7. The highest BCUT2D eigenvalue weighted by atomic mass is 32.1. The standard InChI is InChI=1S/C14H20N2S2/c1-14(2,3)12-9-18-13(16-12)6-11-5-10(7-15-4)8-17-11/h5,8-9,15H,6-7H2,1-4H3. The number of aromatic nitrogens is 1. The maximum absolute atomic E-state index is 4.74. The fraction of sp³-hybridized carbons (Fsp3) is 0.500. The first-order valence-corrected chi connectivity index (χ1v) is 7.91. The van der Waals surface area contributed by atoms with Crippen LogP contribution in [0.5, 0.6) is 0 Å². The molecule has 2 aromatic rings. The molecule has 2 heterocycles. The van der Waals surface area contributed by atoms with Crippen molar-refractivity contribution in [3.63, 3.8) is 0 Å². The van der Waals surface area contributed by atoms with Gasteiger partial charge in [-0.2, -0.15) is 0 Å². The molecule has 0 aliphatic heterocycles. The highest BCUT2D eigenvalue weighted by molar-refractivity contribution is 7.11. The smallest absolute Gasteiger partial charge is 0.0980 e. The molecule has 0 amide bonds. The lowest BCUT2D eigenvalue weighted by molar-refractivity contribution is 0.571. The molecule has 0 saturated carbocycles. The molecule has 0 aliphatic carbocycles. The highest BCUT2D eigenvalue weighted by Crippen LogP contribution is 2.26. The molecule has 0 spiro atoms. The SMILES string of the molecule is CNCc1csc(Cc2nc(C(C)(C)C)cs2)c1. The minimum absolute atomic E-state index is 0.154. The topological polar surface area (TPSA) is 24.9 Å². The van der Waals surface area contributed by atoms with Crippen molar-refractivity contribution < 1.29 is 0 Å². The van der Waals surface area contributed by atoms with Crippen molar-refractivity contribution in [2.75, 3.05) is 7.05 Å². The Kier molecular flexibility index (Phi) is 4.20. The lowest BCUT2D eigenvalue weighted by Gasteiger charge is -2.14. The second-order valence-electron chi connectivity index (χ2n) is 5.50. The van der Waals surface area contributed by atoms with Gasteiger partial charge in [-0.15, -0.1) is 22.7 Å². The molecule has 1 N–H and O–H groups in total. The van der Waals surface area contributed by atoms with E-state index in [-0.39, 0.29) is 5.41 Å². The van der Waals surface area contributed by atoms with Crippen LogP contribution >= 0.6 is 22.7 Å². The number of hydrogen-bond acceptors (Lipinski definition) is 4. The van der Waals surface area contributed by atoms with Gasteiger partial charge in [-0.05, 0) is 24.1 Å². The number of nitrogens with zero attached hydrogens (tertiary/aromatic N) is 1. The van der Waals surface area contributed by atoms with Crippen LogP contribution in [0.1, 0.15) is 41.9 Å². The molecule has 0 radical (unpaired) electrons.